The van der Waals surface area contributed by atoms with Gasteiger partial charge in [0.2, 0.25) is 0 Å². The van der Waals surface area contributed by atoms with Gasteiger partial charge in [0, 0.05) is 68.9 Å². The molecular formula is C36H39N8NaO9P4. The second kappa shape index (κ2) is 26.6. The van der Waals surface area contributed by atoms with E-state index in [2.05, 4.69) is 66.7 Å². The van der Waals surface area contributed by atoms with Gasteiger partial charge in [-0.2, -0.15) is 0 Å². The molecule has 3 atom stereocenters. The number of carboxylic acids is 1. The summed E-state index contributed by atoms with van der Waals surface area (Å²) in [5, 5.41) is 8.92. The minimum atomic E-state index is -3.03. The SMILES string of the molecule is PP(P)P.[2H]C([2H])([2H])C([2H])([2H])Oc1cccnc1Oc1cncc(-c2ncc(C(=O)O)cn2)c1.[2H]C([2H])([2H])C([2H])([2H])Oc1cccnc1Oc1cncc(-c2ncc(C(=O)OCC)cn2)c1.[Na+].[OH-]. The van der Waals surface area contributed by atoms with Crippen molar-refractivity contribution in [2.24, 2.45) is 0 Å². The van der Waals surface area contributed by atoms with Crippen molar-refractivity contribution >= 4 is 45.7 Å². The summed E-state index contributed by atoms with van der Waals surface area (Å²) in [7, 11) is 7.94. The van der Waals surface area contributed by atoms with Crippen LogP contribution in [0.3, 0.4) is 0 Å². The molecule has 22 heteroatoms. The fourth-order valence-electron chi connectivity index (χ4n) is 3.97. The number of hydrogen-bond donors (Lipinski definition) is 1. The maximum atomic E-state index is 11.7. The normalized spacial score (nSPS) is 13.3. The van der Waals surface area contributed by atoms with Crippen molar-refractivity contribution in [2.45, 2.75) is 20.6 Å². The molecule has 298 valence electrons. The fraction of sp³-hybridized carbons (Fsp3) is 0.167. The number of ether oxygens (including phenoxy) is 5. The molecule has 0 saturated heterocycles. The average Bonchev–Trinajstić information content (AvgIpc) is 3.24. The topological polar surface area (TPSA) is 234 Å². The zero-order valence-electron chi connectivity index (χ0n) is 40.5. The molecular weight excluding hydrogens is 835 g/mol. The van der Waals surface area contributed by atoms with E-state index in [0.29, 0.717) is 11.1 Å². The third kappa shape index (κ3) is 16.1. The predicted molar refractivity (Wildman–Crippen MR) is 222 cm³/mol. The first-order chi connectivity index (χ1) is 30.9. The maximum Gasteiger partial charge on any atom is 1.00 e. The Morgan fingerprint density at radius 2 is 1.16 bits per heavy atom. The van der Waals surface area contributed by atoms with Crippen molar-refractivity contribution < 1.29 is 87.1 Å². The van der Waals surface area contributed by atoms with Crippen LogP contribution in [0.4, 0.5) is 0 Å². The van der Waals surface area contributed by atoms with E-state index in [0.717, 1.165) is 12.4 Å². The van der Waals surface area contributed by atoms with Gasteiger partial charge >= 0.3 is 41.5 Å². The number of carbonyl (C=O) groups excluding carboxylic acids is 1. The second-order valence-electron chi connectivity index (χ2n) is 10.1. The summed E-state index contributed by atoms with van der Waals surface area (Å²) in [5.41, 5.74) is 1.02. The van der Waals surface area contributed by atoms with Crippen LogP contribution in [0, 0.1) is 0 Å². The summed E-state index contributed by atoms with van der Waals surface area (Å²) in [4.78, 5) is 54.8. The van der Waals surface area contributed by atoms with E-state index in [1.54, 1.807) is 13.0 Å². The van der Waals surface area contributed by atoms with E-state index in [9.17, 15) is 9.59 Å². The molecule has 2 N–H and O–H groups in total. The van der Waals surface area contributed by atoms with Crippen LogP contribution in [-0.2, 0) is 4.74 Å². The maximum absolute atomic E-state index is 11.7. The Kier molecular flexibility index (Phi) is 16.3. The van der Waals surface area contributed by atoms with Gasteiger partial charge in [0.1, 0.15) is 11.5 Å². The quantitative estimate of drug-likeness (QED) is 0.0933. The van der Waals surface area contributed by atoms with Gasteiger partial charge in [-0.3, -0.25) is 9.97 Å². The number of esters is 1. The molecule has 0 amide bonds. The Morgan fingerprint density at radius 1 is 0.724 bits per heavy atom. The number of nitrogens with zero attached hydrogens (tertiary/aromatic N) is 8. The Morgan fingerprint density at radius 3 is 1.55 bits per heavy atom. The molecule has 58 heavy (non-hydrogen) atoms. The Bertz CT molecular complexity index is 2580. The number of aromatic carboxylic acids is 1. The van der Waals surface area contributed by atoms with Gasteiger partial charge in [0.05, 0.1) is 48.7 Å². The number of carboxylic acid groups (broad SMARTS) is 1. The molecule has 3 unspecified atom stereocenters. The Hall–Kier alpha value is -4.42. The second-order valence-corrected chi connectivity index (χ2v) is 21.7. The number of hydrogen-bond acceptors (Lipinski definition) is 16. The molecule has 0 saturated carbocycles. The van der Waals surface area contributed by atoms with Crippen molar-refractivity contribution in [3.63, 3.8) is 0 Å². The predicted octanol–water partition coefficient (Wildman–Crippen LogP) is 4.79. The average molecular weight is 885 g/mol. The van der Waals surface area contributed by atoms with E-state index in [4.69, 9.17) is 42.5 Å². The van der Waals surface area contributed by atoms with Crippen LogP contribution >= 0.6 is 33.8 Å². The number of rotatable bonds is 13. The van der Waals surface area contributed by atoms with Crippen LogP contribution in [0.5, 0.6) is 34.8 Å². The first-order valence-electron chi connectivity index (χ1n) is 20.5. The molecule has 0 radical (unpaired) electrons. The molecule has 0 aromatic carbocycles. The standard InChI is InChI=1S/C19H18N4O4.C17H14N4O4.Na.H2O.H6P4/c1-3-25-16-6-5-7-21-18(16)27-15-8-13(9-20-12-15)17-22-10-14(11-23-17)19(24)26-4-2;1-2-24-14-4-3-5-19-16(14)25-13-6-11(7-18-10-13)15-20-8-12(9-21-15)17(22)23;;;1-4(2)3/h5-12H,3-4H2,1-2H3;3-10H,2H2,1H3,(H,22,23);;1H2;1-3H2/q;;+1;;/p-1/i1D3,3D2;1D3,2D2;;;. The van der Waals surface area contributed by atoms with Crippen molar-refractivity contribution in [1.82, 2.24) is 39.9 Å². The third-order valence-corrected chi connectivity index (χ3v) is 6.23. The van der Waals surface area contributed by atoms with E-state index < -0.39 is 38.8 Å². The van der Waals surface area contributed by atoms with Crippen molar-refractivity contribution in [3.8, 4) is 57.5 Å². The largest absolute Gasteiger partial charge is 1.00 e. The number of carbonyl (C=O) groups is 2. The van der Waals surface area contributed by atoms with Gasteiger partial charge < -0.3 is 34.3 Å². The van der Waals surface area contributed by atoms with Gasteiger partial charge in [-0.15, -0.1) is 26.8 Å². The Balaban J connectivity index is 0.000000422. The summed E-state index contributed by atoms with van der Waals surface area (Å²) in [6, 6.07) is 8.58. The first-order valence-corrected chi connectivity index (χ1v) is 21.7. The molecule has 6 heterocycles. The number of pyridine rings is 4. The van der Waals surface area contributed by atoms with Crippen LogP contribution in [0.15, 0.2) is 98.4 Å². The Labute approximate surface area is 378 Å². The molecule has 0 aliphatic heterocycles. The molecule has 0 bridgehead atoms. The van der Waals surface area contributed by atoms with Crippen molar-refractivity contribution in [1.29, 1.82) is 0 Å². The fourth-order valence-corrected chi connectivity index (χ4v) is 3.97. The smallest absolute Gasteiger partial charge is 0.870 e. The third-order valence-electron chi connectivity index (χ3n) is 6.23. The van der Waals surface area contributed by atoms with Gasteiger partial charge in [0.25, 0.3) is 11.8 Å². The molecule has 0 spiro atoms. The van der Waals surface area contributed by atoms with E-state index in [1.807, 2.05) is 0 Å². The molecule has 6 aromatic heterocycles. The van der Waals surface area contributed by atoms with Crippen LogP contribution < -0.4 is 48.5 Å². The van der Waals surface area contributed by atoms with Crippen LogP contribution in [0.2, 0.25) is 0 Å². The van der Waals surface area contributed by atoms with E-state index >= 15 is 0 Å². The minimum absolute atomic E-state index is 0. The molecule has 0 fully saturated rings. The van der Waals surface area contributed by atoms with E-state index in [1.165, 1.54) is 79.9 Å². The van der Waals surface area contributed by atoms with Gasteiger partial charge in [-0.25, -0.2) is 39.5 Å². The summed E-state index contributed by atoms with van der Waals surface area (Å²) >= 11 is 0. The molecule has 6 rings (SSSR count). The molecule has 0 aliphatic rings. The molecule has 0 aliphatic carbocycles. The van der Waals surface area contributed by atoms with Gasteiger partial charge in [-0.05, 0) is 64.0 Å². The zero-order chi connectivity index (χ0) is 48.9. The molecule has 6 aromatic rings. The zero-order valence-corrected chi connectivity index (χ0v) is 36.8. The summed E-state index contributed by atoms with van der Waals surface area (Å²) in [6.07, 6.45) is 13.3. The minimum Gasteiger partial charge on any atom is -0.870 e. The first kappa shape index (κ1) is 35.5. The summed E-state index contributed by atoms with van der Waals surface area (Å²) in [6.45, 7) is -9.91. The summed E-state index contributed by atoms with van der Waals surface area (Å²) < 4.78 is 100. The van der Waals surface area contributed by atoms with Gasteiger partial charge in [0.15, 0.2) is 23.1 Å². The summed E-state index contributed by atoms with van der Waals surface area (Å²) in [5.74, 6) is -1.60. The monoisotopic (exact) mass is 884 g/mol. The van der Waals surface area contributed by atoms with Crippen LogP contribution in [-0.4, -0.2) is 82.1 Å². The van der Waals surface area contributed by atoms with Crippen molar-refractivity contribution in [3.05, 3.63) is 109 Å². The van der Waals surface area contributed by atoms with Gasteiger partial charge in [-0.1, -0.05) is 0 Å². The van der Waals surface area contributed by atoms with E-state index in [-0.39, 0.29) is 106 Å². The number of aromatic nitrogens is 8. The molecule has 17 nitrogen and oxygen atoms in total. The van der Waals surface area contributed by atoms with Crippen molar-refractivity contribution in [2.75, 3.05) is 19.7 Å². The van der Waals surface area contributed by atoms with Crippen LogP contribution in [0.25, 0.3) is 22.8 Å². The van der Waals surface area contributed by atoms with Crippen LogP contribution in [0.1, 0.15) is 55.1 Å².